The van der Waals surface area contributed by atoms with Crippen LogP contribution in [-0.4, -0.2) is 56.9 Å². The van der Waals surface area contributed by atoms with Gasteiger partial charge in [0.05, 0.1) is 18.1 Å². The number of aryl methyl sites for hydroxylation is 1. The normalized spacial score (nSPS) is 18.9. The number of carbonyl (C=O) groups is 2. The summed E-state index contributed by atoms with van der Waals surface area (Å²) in [6.45, 7) is 5.10. The van der Waals surface area contributed by atoms with Crippen LogP contribution in [0, 0.1) is 6.92 Å². The zero-order valence-corrected chi connectivity index (χ0v) is 19.0. The minimum atomic E-state index is -3.66. The fourth-order valence-electron chi connectivity index (χ4n) is 4.23. The average Bonchev–Trinajstić information content (AvgIpc) is 3.18. The Balaban J connectivity index is 1.55. The Morgan fingerprint density at radius 1 is 1.12 bits per heavy atom. The molecule has 0 saturated carbocycles. The Labute approximate surface area is 188 Å². The maximum Gasteiger partial charge on any atom is 0.243 e. The van der Waals surface area contributed by atoms with Gasteiger partial charge in [0.25, 0.3) is 0 Å². The maximum atomic E-state index is 13.0. The first kappa shape index (κ1) is 22.4. The van der Waals surface area contributed by atoms with Gasteiger partial charge in [0.15, 0.2) is 0 Å². The van der Waals surface area contributed by atoms with Gasteiger partial charge in [0.1, 0.15) is 6.04 Å². The molecule has 1 atom stereocenters. The number of amides is 2. The summed E-state index contributed by atoms with van der Waals surface area (Å²) in [5.41, 5.74) is 3.33. The van der Waals surface area contributed by atoms with Crippen molar-refractivity contribution in [1.82, 2.24) is 9.62 Å². The fourth-order valence-corrected chi connectivity index (χ4v) is 5.69. The van der Waals surface area contributed by atoms with E-state index in [0.29, 0.717) is 44.1 Å². The highest BCUT2D eigenvalue weighted by atomic mass is 32.2. The van der Waals surface area contributed by atoms with Crippen LogP contribution in [0.15, 0.2) is 47.4 Å². The topological polar surface area (TPSA) is 96.0 Å². The summed E-state index contributed by atoms with van der Waals surface area (Å²) in [6.07, 6.45) is 0.265. The summed E-state index contributed by atoms with van der Waals surface area (Å²) in [5, 5.41) is 2.92. The number of carbonyl (C=O) groups excluding carboxylic acids is 2. The molecule has 2 heterocycles. The Hall–Kier alpha value is -2.75. The van der Waals surface area contributed by atoms with E-state index >= 15 is 0 Å². The van der Waals surface area contributed by atoms with Crippen LogP contribution in [0.5, 0.6) is 0 Å². The van der Waals surface area contributed by atoms with E-state index in [2.05, 4.69) is 5.32 Å². The lowest BCUT2D eigenvalue weighted by Gasteiger charge is -2.26. The second kappa shape index (κ2) is 9.01. The average molecular weight is 458 g/mol. The Morgan fingerprint density at radius 2 is 1.84 bits per heavy atom. The van der Waals surface area contributed by atoms with Crippen LogP contribution < -0.4 is 10.2 Å². The number of hydrogen-bond donors (Lipinski definition) is 1. The van der Waals surface area contributed by atoms with Gasteiger partial charge in [0.2, 0.25) is 21.8 Å². The molecule has 2 aliphatic heterocycles. The SMILES string of the molecule is CC(=O)N1c2ccc(S(=O)(=O)N3CCOCC3)cc2CC1C(=O)NCc1ccccc1C. The highest BCUT2D eigenvalue weighted by molar-refractivity contribution is 7.89. The van der Waals surface area contributed by atoms with Crippen LogP contribution in [0.1, 0.15) is 23.6 Å². The Morgan fingerprint density at radius 3 is 2.53 bits per heavy atom. The predicted molar refractivity (Wildman–Crippen MR) is 120 cm³/mol. The molecule has 170 valence electrons. The monoisotopic (exact) mass is 457 g/mol. The molecule has 4 rings (SSSR count). The third-order valence-corrected chi connectivity index (χ3v) is 7.89. The van der Waals surface area contributed by atoms with E-state index in [0.717, 1.165) is 11.1 Å². The summed E-state index contributed by atoms with van der Waals surface area (Å²) < 4.78 is 32.7. The number of nitrogens with one attached hydrogen (secondary N) is 1. The van der Waals surface area contributed by atoms with Crippen molar-refractivity contribution in [3.8, 4) is 0 Å². The molecule has 2 aromatic rings. The quantitative estimate of drug-likeness (QED) is 0.736. The number of sulfonamides is 1. The number of benzene rings is 2. The van der Waals surface area contributed by atoms with E-state index in [9.17, 15) is 18.0 Å². The van der Waals surface area contributed by atoms with Gasteiger partial charge in [-0.2, -0.15) is 4.31 Å². The molecular formula is C23H27N3O5S. The number of rotatable bonds is 5. The third-order valence-electron chi connectivity index (χ3n) is 6.00. The zero-order valence-electron chi connectivity index (χ0n) is 18.2. The van der Waals surface area contributed by atoms with Crippen molar-refractivity contribution in [3.05, 3.63) is 59.2 Å². The van der Waals surface area contributed by atoms with E-state index in [-0.39, 0.29) is 23.1 Å². The largest absolute Gasteiger partial charge is 0.379 e. The van der Waals surface area contributed by atoms with Gasteiger partial charge in [0, 0.05) is 38.7 Å². The first-order valence-electron chi connectivity index (χ1n) is 10.6. The Bertz CT molecular complexity index is 1140. The number of ether oxygens (including phenoxy) is 1. The first-order valence-corrected chi connectivity index (χ1v) is 12.1. The second-order valence-electron chi connectivity index (χ2n) is 8.06. The van der Waals surface area contributed by atoms with Crippen molar-refractivity contribution in [2.45, 2.75) is 37.8 Å². The molecule has 1 fully saturated rings. The lowest BCUT2D eigenvalue weighted by atomic mass is 10.1. The summed E-state index contributed by atoms with van der Waals surface area (Å²) in [5.74, 6) is -0.527. The lowest BCUT2D eigenvalue weighted by Crippen LogP contribution is -2.47. The standard InChI is InChI=1S/C23H27N3O5S/c1-16-5-3-4-6-18(16)15-24-23(28)22-14-19-13-20(7-8-21(19)26(22)17(2)27)32(29,30)25-9-11-31-12-10-25/h3-8,13,22H,9-12,14-15H2,1-2H3,(H,24,28). The fraction of sp³-hybridized carbons (Fsp3) is 0.391. The van der Waals surface area contributed by atoms with Crippen LogP contribution in [0.4, 0.5) is 5.69 Å². The number of hydrogen-bond acceptors (Lipinski definition) is 5. The molecule has 1 N–H and O–H groups in total. The van der Waals surface area contributed by atoms with Crippen molar-refractivity contribution >= 4 is 27.5 Å². The van der Waals surface area contributed by atoms with Gasteiger partial charge in [-0.05, 0) is 41.8 Å². The molecule has 0 radical (unpaired) electrons. The van der Waals surface area contributed by atoms with Crippen molar-refractivity contribution in [2.24, 2.45) is 0 Å². The van der Waals surface area contributed by atoms with Gasteiger partial charge < -0.3 is 10.1 Å². The smallest absolute Gasteiger partial charge is 0.243 e. The predicted octanol–water partition coefficient (Wildman–Crippen LogP) is 1.61. The molecule has 0 spiro atoms. The molecule has 8 nitrogen and oxygen atoms in total. The molecule has 32 heavy (non-hydrogen) atoms. The van der Waals surface area contributed by atoms with Crippen molar-refractivity contribution in [1.29, 1.82) is 0 Å². The van der Waals surface area contributed by atoms with Gasteiger partial charge in [-0.3, -0.25) is 14.5 Å². The Kier molecular flexibility index (Phi) is 6.32. The molecule has 1 unspecified atom stereocenters. The van der Waals surface area contributed by atoms with Crippen LogP contribution in [-0.2, 0) is 37.3 Å². The highest BCUT2D eigenvalue weighted by Crippen LogP contribution is 2.35. The highest BCUT2D eigenvalue weighted by Gasteiger charge is 2.38. The van der Waals surface area contributed by atoms with E-state index in [1.165, 1.54) is 22.2 Å². The van der Waals surface area contributed by atoms with Crippen molar-refractivity contribution in [2.75, 3.05) is 31.2 Å². The number of nitrogens with zero attached hydrogens (tertiary/aromatic N) is 2. The molecule has 9 heteroatoms. The van der Waals surface area contributed by atoms with Crippen molar-refractivity contribution < 1.29 is 22.7 Å². The molecule has 0 aliphatic carbocycles. The minimum absolute atomic E-state index is 0.169. The molecule has 0 bridgehead atoms. The first-order chi connectivity index (χ1) is 15.3. The van der Waals surface area contributed by atoms with E-state index in [1.54, 1.807) is 12.1 Å². The minimum Gasteiger partial charge on any atom is -0.379 e. The van der Waals surface area contributed by atoms with Crippen LogP contribution >= 0.6 is 0 Å². The van der Waals surface area contributed by atoms with E-state index < -0.39 is 16.1 Å². The van der Waals surface area contributed by atoms with E-state index in [1.807, 2.05) is 31.2 Å². The second-order valence-corrected chi connectivity index (χ2v) is 10.00. The van der Waals surface area contributed by atoms with Crippen molar-refractivity contribution in [3.63, 3.8) is 0 Å². The number of anilines is 1. The van der Waals surface area contributed by atoms with Crippen LogP contribution in [0.2, 0.25) is 0 Å². The molecule has 2 aliphatic rings. The maximum absolute atomic E-state index is 13.0. The van der Waals surface area contributed by atoms with Crippen LogP contribution in [0.25, 0.3) is 0 Å². The van der Waals surface area contributed by atoms with Gasteiger partial charge in [-0.1, -0.05) is 24.3 Å². The summed E-state index contributed by atoms with van der Waals surface area (Å²) in [7, 11) is -3.66. The van der Waals surface area contributed by atoms with Gasteiger partial charge >= 0.3 is 0 Å². The van der Waals surface area contributed by atoms with E-state index in [4.69, 9.17) is 4.74 Å². The van der Waals surface area contributed by atoms with Crippen LogP contribution in [0.3, 0.4) is 0 Å². The molecule has 2 amide bonds. The summed E-state index contributed by atoms with van der Waals surface area (Å²) in [4.78, 5) is 27.0. The number of morpholine rings is 1. The zero-order chi connectivity index (χ0) is 22.9. The summed E-state index contributed by atoms with van der Waals surface area (Å²) in [6, 6.07) is 11.8. The molecule has 0 aromatic heterocycles. The molecular weight excluding hydrogens is 430 g/mol. The molecule has 1 saturated heterocycles. The number of fused-ring (bicyclic) bond motifs is 1. The third kappa shape index (κ3) is 4.28. The molecule has 2 aromatic carbocycles. The lowest BCUT2D eigenvalue weighted by molar-refractivity contribution is -0.125. The summed E-state index contributed by atoms with van der Waals surface area (Å²) >= 11 is 0. The van der Waals surface area contributed by atoms with Gasteiger partial charge in [-0.15, -0.1) is 0 Å². The van der Waals surface area contributed by atoms with Gasteiger partial charge in [-0.25, -0.2) is 8.42 Å².